The Labute approximate surface area is 56.3 Å². The monoisotopic (exact) mass is 153 g/mol. The van der Waals surface area contributed by atoms with Crippen LogP contribution in [0, 0.1) is 6.92 Å². The smallest absolute Gasteiger partial charge is 0.159 e. The van der Waals surface area contributed by atoms with Gasteiger partial charge in [-0.25, -0.2) is 0 Å². The van der Waals surface area contributed by atoms with Crippen LogP contribution in [0.4, 0.5) is 0 Å². The van der Waals surface area contributed by atoms with Crippen LogP contribution in [0.25, 0.3) is 0 Å². The molecule has 7 heavy (non-hydrogen) atoms. The molecule has 2 nitrogen and oxygen atoms in total. The molecule has 0 heterocycles. The van der Waals surface area contributed by atoms with Gasteiger partial charge in [0.2, 0.25) is 0 Å². The third kappa shape index (κ3) is 10.8. The first-order chi connectivity index (χ1) is 2.56. The fraction of sp³-hybridized carbons (Fsp3) is 0.750. The second-order valence-corrected chi connectivity index (χ2v) is 1.47. The zero-order valence-corrected chi connectivity index (χ0v) is 7.48. The van der Waals surface area contributed by atoms with E-state index in [1.54, 1.807) is 0 Å². The molecule has 0 saturated heterocycles. The summed E-state index contributed by atoms with van der Waals surface area (Å²) >= 11 is 0. The minimum atomic E-state index is -1.57. The second-order valence-electron chi connectivity index (χ2n) is 1.47. The van der Waals surface area contributed by atoms with Crippen molar-refractivity contribution in [3.63, 3.8) is 0 Å². The summed E-state index contributed by atoms with van der Waals surface area (Å²) in [7, 11) is 0. The largest absolute Gasteiger partial charge is 0.366 e. The van der Waals surface area contributed by atoms with Crippen molar-refractivity contribution in [2.24, 2.45) is 0 Å². The number of hydrogen-bond acceptors (Lipinski definition) is 2. The van der Waals surface area contributed by atoms with Crippen LogP contribution in [0.15, 0.2) is 0 Å². The molecular formula is C4H9O2Zn. The van der Waals surface area contributed by atoms with Gasteiger partial charge in [0.15, 0.2) is 5.79 Å². The molecule has 39 valence electrons. The van der Waals surface area contributed by atoms with Gasteiger partial charge in [-0.05, 0) is 13.8 Å². The van der Waals surface area contributed by atoms with Gasteiger partial charge in [-0.2, -0.15) is 0 Å². The van der Waals surface area contributed by atoms with E-state index in [1.807, 2.05) is 0 Å². The van der Waals surface area contributed by atoms with Crippen LogP contribution >= 0.6 is 0 Å². The zero-order valence-electron chi connectivity index (χ0n) is 4.52. The molecule has 0 aliphatic rings. The van der Waals surface area contributed by atoms with Gasteiger partial charge in [0.1, 0.15) is 0 Å². The normalized spacial score (nSPS) is 10.3. The maximum Gasteiger partial charge on any atom is 0.159 e. The summed E-state index contributed by atoms with van der Waals surface area (Å²) in [6.07, 6.45) is 0.132. The molecule has 0 spiro atoms. The van der Waals surface area contributed by atoms with Crippen molar-refractivity contribution < 1.29 is 29.7 Å². The van der Waals surface area contributed by atoms with Gasteiger partial charge >= 0.3 is 0 Å². The van der Waals surface area contributed by atoms with E-state index in [0.717, 1.165) is 0 Å². The van der Waals surface area contributed by atoms with Crippen molar-refractivity contribution in [1.29, 1.82) is 0 Å². The molecule has 0 atom stereocenters. The Morgan fingerprint density at radius 2 is 1.71 bits per heavy atom. The Bertz CT molecular complexity index is 39.4. The van der Waals surface area contributed by atoms with E-state index in [4.69, 9.17) is 10.2 Å². The Morgan fingerprint density at radius 1 is 1.57 bits per heavy atom. The van der Waals surface area contributed by atoms with Gasteiger partial charge in [-0.3, -0.25) is 0 Å². The summed E-state index contributed by atoms with van der Waals surface area (Å²) in [5.41, 5.74) is 0. The van der Waals surface area contributed by atoms with Crippen molar-refractivity contribution in [2.45, 2.75) is 19.1 Å². The molecule has 3 heteroatoms. The average molecular weight is 155 g/mol. The number of aliphatic hydroxyl groups is 2. The van der Waals surface area contributed by atoms with Crippen LogP contribution in [-0.4, -0.2) is 16.0 Å². The molecule has 0 aromatic rings. The SMILES string of the molecule is [CH2]CC(C)(O)O.[Zn]. The molecule has 1 radical (unpaired) electrons. The summed E-state index contributed by atoms with van der Waals surface area (Å²) in [6, 6.07) is 0. The summed E-state index contributed by atoms with van der Waals surface area (Å²) in [6.45, 7) is 4.55. The van der Waals surface area contributed by atoms with E-state index >= 15 is 0 Å². The van der Waals surface area contributed by atoms with E-state index in [0.29, 0.717) is 0 Å². The van der Waals surface area contributed by atoms with Gasteiger partial charge < -0.3 is 10.2 Å². The molecule has 0 unspecified atom stereocenters. The van der Waals surface area contributed by atoms with E-state index in [2.05, 4.69) is 6.92 Å². The molecular weight excluding hydrogens is 145 g/mol. The summed E-state index contributed by atoms with van der Waals surface area (Å²) in [4.78, 5) is 0. The zero-order chi connectivity index (χ0) is 5.21. The Morgan fingerprint density at radius 3 is 1.71 bits per heavy atom. The third-order valence-corrected chi connectivity index (χ3v) is 0.474. The fourth-order valence-electron chi connectivity index (χ4n) is 0. The molecule has 0 bridgehead atoms. The van der Waals surface area contributed by atoms with E-state index in [9.17, 15) is 0 Å². The van der Waals surface area contributed by atoms with Crippen molar-refractivity contribution in [3.8, 4) is 0 Å². The summed E-state index contributed by atoms with van der Waals surface area (Å²) in [5, 5.41) is 16.6. The Balaban J connectivity index is 0. The van der Waals surface area contributed by atoms with Gasteiger partial charge in [-0.15, -0.1) is 0 Å². The van der Waals surface area contributed by atoms with Crippen LogP contribution in [0.2, 0.25) is 0 Å². The minimum absolute atomic E-state index is 0. The van der Waals surface area contributed by atoms with Crippen LogP contribution in [0.3, 0.4) is 0 Å². The summed E-state index contributed by atoms with van der Waals surface area (Å²) in [5.74, 6) is -1.57. The van der Waals surface area contributed by atoms with E-state index in [-0.39, 0.29) is 25.9 Å². The van der Waals surface area contributed by atoms with Crippen molar-refractivity contribution in [2.75, 3.05) is 0 Å². The van der Waals surface area contributed by atoms with Crippen molar-refractivity contribution >= 4 is 0 Å². The molecule has 0 fully saturated rings. The van der Waals surface area contributed by atoms with Crippen molar-refractivity contribution in [3.05, 3.63) is 6.92 Å². The van der Waals surface area contributed by atoms with Gasteiger partial charge in [0.25, 0.3) is 0 Å². The molecule has 0 aliphatic carbocycles. The van der Waals surface area contributed by atoms with Crippen LogP contribution in [0.5, 0.6) is 0 Å². The Hall–Kier alpha value is 0.543. The second kappa shape index (κ2) is 3.53. The Kier molecular flexibility index (Phi) is 5.31. The van der Waals surface area contributed by atoms with Crippen LogP contribution in [0.1, 0.15) is 13.3 Å². The first-order valence-electron chi connectivity index (χ1n) is 1.80. The summed E-state index contributed by atoms with van der Waals surface area (Å²) < 4.78 is 0. The van der Waals surface area contributed by atoms with E-state index < -0.39 is 5.79 Å². The molecule has 0 saturated carbocycles. The molecule has 0 rings (SSSR count). The third-order valence-electron chi connectivity index (χ3n) is 0.474. The van der Waals surface area contributed by atoms with Gasteiger partial charge in [0, 0.05) is 25.9 Å². The average Bonchev–Trinajstić information content (AvgIpc) is 1.35. The number of rotatable bonds is 1. The maximum absolute atomic E-state index is 8.32. The molecule has 0 aromatic heterocycles. The van der Waals surface area contributed by atoms with Gasteiger partial charge in [-0.1, -0.05) is 0 Å². The topological polar surface area (TPSA) is 40.5 Å². The quantitative estimate of drug-likeness (QED) is 0.409. The number of hydrogen-bond donors (Lipinski definition) is 2. The fourth-order valence-corrected chi connectivity index (χ4v) is 0. The molecule has 2 N–H and O–H groups in total. The van der Waals surface area contributed by atoms with E-state index in [1.165, 1.54) is 6.92 Å². The van der Waals surface area contributed by atoms with Crippen LogP contribution < -0.4 is 0 Å². The predicted molar refractivity (Wildman–Crippen MR) is 22.8 cm³/mol. The molecule has 0 amide bonds. The maximum atomic E-state index is 8.32. The molecule has 0 aliphatic heterocycles. The standard InChI is InChI=1S/C4H9O2.Zn/c1-3-4(2,5)6;/h5-6H,1,3H2,2H3;. The minimum Gasteiger partial charge on any atom is -0.366 e. The van der Waals surface area contributed by atoms with Gasteiger partial charge in [0.05, 0.1) is 0 Å². The van der Waals surface area contributed by atoms with Crippen molar-refractivity contribution in [1.82, 2.24) is 0 Å². The van der Waals surface area contributed by atoms with Crippen LogP contribution in [-0.2, 0) is 19.5 Å². The first-order valence-corrected chi connectivity index (χ1v) is 1.80. The predicted octanol–water partition coefficient (Wildman–Crippen LogP) is -0.0911. The molecule has 0 aromatic carbocycles. The first kappa shape index (κ1) is 10.5.